The number of hydrogen-bond acceptors (Lipinski definition) is 5. The summed E-state index contributed by atoms with van der Waals surface area (Å²) < 4.78 is 5.72. The molecular weight excluding hydrogens is 320 g/mol. The number of rotatable bonds is 6. The number of ether oxygens (including phenoxy) is 1. The fourth-order valence-corrected chi connectivity index (χ4v) is 3.01. The Hall–Kier alpha value is -2.38. The number of aromatic nitrogens is 2. The molecule has 0 unspecified atom stereocenters. The Bertz CT molecular complexity index is 702. The Morgan fingerprint density at radius 2 is 2.32 bits per heavy atom. The van der Waals surface area contributed by atoms with Crippen molar-refractivity contribution in [1.82, 2.24) is 20.2 Å². The van der Waals surface area contributed by atoms with Gasteiger partial charge in [0.2, 0.25) is 0 Å². The molecule has 1 aliphatic rings. The van der Waals surface area contributed by atoms with Crippen molar-refractivity contribution >= 4 is 5.91 Å². The van der Waals surface area contributed by atoms with E-state index in [4.69, 9.17) is 4.74 Å². The zero-order valence-electron chi connectivity index (χ0n) is 14.5. The number of β-amino-alcohol motifs (C(OH)–C–C–N with tert-alkyl or cyclic N) is 1. The Balaban J connectivity index is 1.57. The van der Waals surface area contributed by atoms with Crippen LogP contribution in [0.2, 0.25) is 0 Å². The molecule has 2 aromatic rings. The number of aromatic amines is 1. The maximum absolute atomic E-state index is 12.1. The van der Waals surface area contributed by atoms with Crippen LogP contribution < -0.4 is 10.1 Å². The molecule has 0 bridgehead atoms. The van der Waals surface area contributed by atoms with Gasteiger partial charge in [0, 0.05) is 19.6 Å². The number of nitrogens with one attached hydrogen (secondary N) is 2. The number of amides is 1. The molecule has 0 spiro atoms. The second-order valence-electron chi connectivity index (χ2n) is 6.62. The lowest BCUT2D eigenvalue weighted by atomic mass is 10.2. The maximum atomic E-state index is 12.1. The van der Waals surface area contributed by atoms with Gasteiger partial charge in [-0.15, -0.1) is 0 Å². The molecule has 1 fully saturated rings. The monoisotopic (exact) mass is 344 g/mol. The van der Waals surface area contributed by atoms with Crippen molar-refractivity contribution in [3.05, 3.63) is 48.0 Å². The summed E-state index contributed by atoms with van der Waals surface area (Å²) in [4.78, 5) is 20.8. The van der Waals surface area contributed by atoms with Gasteiger partial charge in [-0.05, 0) is 31.5 Å². The highest BCUT2D eigenvalue weighted by atomic mass is 16.5. The van der Waals surface area contributed by atoms with Crippen LogP contribution in [0.1, 0.15) is 29.9 Å². The van der Waals surface area contributed by atoms with E-state index in [0.29, 0.717) is 25.3 Å². The minimum atomic E-state index is -0.595. The van der Waals surface area contributed by atoms with Crippen LogP contribution in [-0.2, 0) is 6.54 Å². The SMILES string of the molecule is CC(C)Oc1cccc(CN2C[C@@H](O)[C@H](NC(=O)c3cnc[nH]3)C2)c1. The fraction of sp³-hybridized carbons (Fsp3) is 0.444. The molecule has 1 amide bonds. The number of hydrogen-bond donors (Lipinski definition) is 3. The minimum absolute atomic E-state index is 0.130. The van der Waals surface area contributed by atoms with E-state index in [1.807, 2.05) is 38.1 Å². The predicted molar refractivity (Wildman–Crippen MR) is 93.3 cm³/mol. The van der Waals surface area contributed by atoms with E-state index in [9.17, 15) is 9.90 Å². The van der Waals surface area contributed by atoms with Crippen LogP contribution in [0.3, 0.4) is 0 Å². The molecule has 25 heavy (non-hydrogen) atoms. The van der Waals surface area contributed by atoms with Crippen molar-refractivity contribution in [3.8, 4) is 5.75 Å². The van der Waals surface area contributed by atoms with E-state index in [1.54, 1.807) is 0 Å². The summed E-state index contributed by atoms with van der Waals surface area (Å²) in [5.41, 5.74) is 1.51. The molecule has 1 aromatic carbocycles. The van der Waals surface area contributed by atoms with Crippen LogP contribution >= 0.6 is 0 Å². The Morgan fingerprint density at radius 1 is 1.48 bits per heavy atom. The van der Waals surface area contributed by atoms with Crippen LogP contribution in [0, 0.1) is 0 Å². The van der Waals surface area contributed by atoms with Crippen molar-refractivity contribution in [2.24, 2.45) is 0 Å². The Labute approximate surface area is 147 Å². The summed E-state index contributed by atoms with van der Waals surface area (Å²) in [7, 11) is 0. The number of carbonyl (C=O) groups excluding carboxylic acids is 1. The minimum Gasteiger partial charge on any atom is -0.491 e. The summed E-state index contributed by atoms with van der Waals surface area (Å²) in [6.45, 7) is 5.80. The van der Waals surface area contributed by atoms with Crippen molar-refractivity contribution in [1.29, 1.82) is 0 Å². The molecule has 3 rings (SSSR count). The first-order chi connectivity index (χ1) is 12.0. The number of aliphatic hydroxyl groups is 1. The fourth-order valence-electron chi connectivity index (χ4n) is 3.01. The molecule has 0 radical (unpaired) electrons. The Morgan fingerprint density at radius 3 is 3.04 bits per heavy atom. The largest absolute Gasteiger partial charge is 0.491 e. The number of imidazole rings is 1. The molecule has 2 heterocycles. The van der Waals surface area contributed by atoms with Crippen molar-refractivity contribution in [2.45, 2.75) is 38.6 Å². The molecule has 1 aromatic heterocycles. The molecule has 1 saturated heterocycles. The molecule has 134 valence electrons. The number of aliphatic hydroxyl groups excluding tert-OH is 1. The van der Waals surface area contributed by atoms with Gasteiger partial charge >= 0.3 is 0 Å². The number of carbonyl (C=O) groups is 1. The maximum Gasteiger partial charge on any atom is 0.269 e. The van der Waals surface area contributed by atoms with E-state index in [0.717, 1.165) is 11.3 Å². The van der Waals surface area contributed by atoms with Crippen LogP contribution in [0.4, 0.5) is 0 Å². The highest BCUT2D eigenvalue weighted by Crippen LogP contribution is 2.19. The first kappa shape index (κ1) is 17.4. The third-order valence-corrected chi connectivity index (χ3v) is 4.10. The number of likely N-dealkylation sites (tertiary alicyclic amines) is 1. The molecule has 3 N–H and O–H groups in total. The van der Waals surface area contributed by atoms with E-state index in [-0.39, 0.29) is 18.1 Å². The van der Waals surface area contributed by atoms with Crippen LogP contribution in [0.15, 0.2) is 36.8 Å². The van der Waals surface area contributed by atoms with E-state index >= 15 is 0 Å². The van der Waals surface area contributed by atoms with E-state index in [1.165, 1.54) is 12.5 Å². The molecular formula is C18H24N4O3. The number of H-pyrrole nitrogens is 1. The van der Waals surface area contributed by atoms with Gasteiger partial charge in [0.1, 0.15) is 11.4 Å². The van der Waals surface area contributed by atoms with Crippen molar-refractivity contribution in [3.63, 3.8) is 0 Å². The van der Waals surface area contributed by atoms with Gasteiger partial charge in [-0.1, -0.05) is 12.1 Å². The summed E-state index contributed by atoms with van der Waals surface area (Å²) >= 11 is 0. The average molecular weight is 344 g/mol. The first-order valence-electron chi connectivity index (χ1n) is 8.46. The predicted octanol–water partition coefficient (Wildman–Crippen LogP) is 1.17. The van der Waals surface area contributed by atoms with Gasteiger partial charge in [0.05, 0.1) is 30.8 Å². The standard InChI is InChI=1S/C18H24N4O3/c1-12(2)25-14-5-3-4-13(6-14)8-22-9-16(17(23)10-22)21-18(24)15-7-19-11-20-15/h3-7,11-12,16-17,23H,8-10H2,1-2H3,(H,19,20)(H,21,24)/t16-,17-/m1/s1. The van der Waals surface area contributed by atoms with Gasteiger partial charge in [-0.25, -0.2) is 4.98 Å². The van der Waals surface area contributed by atoms with E-state index < -0.39 is 6.10 Å². The zero-order valence-corrected chi connectivity index (χ0v) is 14.5. The lowest BCUT2D eigenvalue weighted by molar-refractivity contribution is 0.0883. The Kier molecular flexibility index (Phi) is 5.35. The molecule has 0 aliphatic carbocycles. The summed E-state index contributed by atoms with van der Waals surface area (Å²) in [6.07, 6.45) is 2.46. The van der Waals surface area contributed by atoms with Crippen LogP contribution in [0.5, 0.6) is 5.75 Å². The van der Waals surface area contributed by atoms with Crippen molar-refractivity contribution in [2.75, 3.05) is 13.1 Å². The van der Waals surface area contributed by atoms with Gasteiger partial charge in [-0.2, -0.15) is 0 Å². The van der Waals surface area contributed by atoms with Gasteiger partial charge in [0.15, 0.2) is 0 Å². The highest BCUT2D eigenvalue weighted by Gasteiger charge is 2.32. The van der Waals surface area contributed by atoms with Crippen LogP contribution in [-0.4, -0.2) is 57.2 Å². The smallest absolute Gasteiger partial charge is 0.269 e. The normalized spacial score (nSPS) is 20.8. The molecule has 2 atom stereocenters. The summed E-state index contributed by atoms with van der Waals surface area (Å²) in [5, 5.41) is 13.1. The van der Waals surface area contributed by atoms with Gasteiger partial charge in [0.25, 0.3) is 5.91 Å². The highest BCUT2D eigenvalue weighted by molar-refractivity contribution is 5.92. The quantitative estimate of drug-likeness (QED) is 0.732. The van der Waals surface area contributed by atoms with Crippen LogP contribution in [0.25, 0.3) is 0 Å². The lowest BCUT2D eigenvalue weighted by Gasteiger charge is -2.17. The third kappa shape index (κ3) is 4.58. The second-order valence-corrected chi connectivity index (χ2v) is 6.62. The lowest BCUT2D eigenvalue weighted by Crippen LogP contribution is -2.42. The third-order valence-electron chi connectivity index (χ3n) is 4.10. The van der Waals surface area contributed by atoms with Gasteiger partial charge in [-0.3, -0.25) is 9.69 Å². The molecule has 7 heteroatoms. The topological polar surface area (TPSA) is 90.5 Å². The first-order valence-corrected chi connectivity index (χ1v) is 8.46. The molecule has 7 nitrogen and oxygen atoms in total. The van der Waals surface area contributed by atoms with Crippen molar-refractivity contribution < 1.29 is 14.6 Å². The average Bonchev–Trinajstić information content (AvgIpc) is 3.18. The van der Waals surface area contributed by atoms with Gasteiger partial charge < -0.3 is 20.1 Å². The number of nitrogens with zero attached hydrogens (tertiary/aromatic N) is 2. The zero-order chi connectivity index (χ0) is 17.8. The van der Waals surface area contributed by atoms with E-state index in [2.05, 4.69) is 20.2 Å². The number of benzene rings is 1. The summed E-state index contributed by atoms with van der Waals surface area (Å²) in [5.74, 6) is 0.590. The molecule has 1 aliphatic heterocycles. The summed E-state index contributed by atoms with van der Waals surface area (Å²) in [6, 6.07) is 7.66. The molecule has 0 saturated carbocycles. The second kappa shape index (κ2) is 7.67.